The molecule has 0 radical (unpaired) electrons. The molecule has 174 valence electrons. The van der Waals surface area contributed by atoms with Crippen LogP contribution in [0.4, 0.5) is 5.69 Å². The Morgan fingerprint density at radius 2 is 1.68 bits per heavy atom. The van der Waals surface area contributed by atoms with Gasteiger partial charge in [-0.25, -0.2) is 0 Å². The van der Waals surface area contributed by atoms with Gasteiger partial charge in [-0.1, -0.05) is 30.3 Å². The van der Waals surface area contributed by atoms with Crippen molar-refractivity contribution < 1.29 is 23.4 Å². The Balaban J connectivity index is 1.52. The minimum absolute atomic E-state index is 0.0888. The predicted octanol–water partition coefficient (Wildman–Crippen LogP) is 5.62. The van der Waals surface area contributed by atoms with Crippen LogP contribution in [0.5, 0.6) is 23.0 Å². The molecule has 1 N–H and O–H groups in total. The van der Waals surface area contributed by atoms with Gasteiger partial charge in [0.15, 0.2) is 18.1 Å². The number of anilines is 1. The van der Waals surface area contributed by atoms with E-state index < -0.39 is 0 Å². The summed E-state index contributed by atoms with van der Waals surface area (Å²) in [6.07, 6.45) is 0. The summed E-state index contributed by atoms with van der Waals surface area (Å²) in [6.45, 7) is 5.73. The van der Waals surface area contributed by atoms with Crippen molar-refractivity contribution in [1.29, 1.82) is 0 Å². The highest BCUT2D eigenvalue weighted by Crippen LogP contribution is 2.33. The van der Waals surface area contributed by atoms with Crippen LogP contribution in [0.15, 0.2) is 75.9 Å². The number of rotatable bonds is 8. The summed E-state index contributed by atoms with van der Waals surface area (Å²) in [6, 6.07) is 19.4. The van der Waals surface area contributed by atoms with Crippen LogP contribution < -0.4 is 25.0 Å². The zero-order valence-electron chi connectivity index (χ0n) is 19.2. The van der Waals surface area contributed by atoms with Crippen LogP contribution in [0.25, 0.3) is 11.0 Å². The summed E-state index contributed by atoms with van der Waals surface area (Å²) >= 11 is 0. The summed E-state index contributed by atoms with van der Waals surface area (Å²) in [5, 5.41) is 3.15. The van der Waals surface area contributed by atoms with Crippen molar-refractivity contribution in [3.63, 3.8) is 0 Å². The van der Waals surface area contributed by atoms with Crippen LogP contribution in [0.3, 0.4) is 0 Å². The van der Waals surface area contributed by atoms with Crippen molar-refractivity contribution >= 4 is 22.6 Å². The smallest absolute Gasteiger partial charge is 0.262 e. The number of nitrogens with one attached hydrogen (secondary N) is 1. The summed E-state index contributed by atoms with van der Waals surface area (Å²) in [7, 11) is 0. The van der Waals surface area contributed by atoms with E-state index in [-0.39, 0.29) is 23.7 Å². The lowest BCUT2D eigenvalue weighted by atomic mass is 10.2. The van der Waals surface area contributed by atoms with Crippen LogP contribution in [0.2, 0.25) is 0 Å². The third kappa shape index (κ3) is 5.04. The monoisotopic (exact) mass is 459 g/mol. The second kappa shape index (κ2) is 10.1. The topological polar surface area (TPSA) is 87.0 Å². The second-order valence-corrected chi connectivity index (χ2v) is 7.61. The first-order chi connectivity index (χ1) is 16.5. The van der Waals surface area contributed by atoms with Crippen LogP contribution >= 0.6 is 0 Å². The molecule has 0 unspecified atom stereocenters. The minimum atomic E-state index is -0.311. The van der Waals surface area contributed by atoms with Crippen molar-refractivity contribution in [2.75, 3.05) is 18.5 Å². The SMILES string of the molecule is CCOc1ccccc1Oc1c(C)oc2cc(OCC(=O)Nc3ccccc3C)ccc2c1=O. The number of ether oxygens (including phenoxy) is 3. The number of fused-ring (bicyclic) bond motifs is 1. The van der Waals surface area contributed by atoms with Gasteiger partial charge in [0, 0.05) is 11.8 Å². The van der Waals surface area contributed by atoms with E-state index >= 15 is 0 Å². The fourth-order valence-corrected chi connectivity index (χ4v) is 3.44. The molecule has 0 fully saturated rings. The van der Waals surface area contributed by atoms with Gasteiger partial charge in [0.2, 0.25) is 11.2 Å². The average Bonchev–Trinajstić information content (AvgIpc) is 2.83. The third-order valence-corrected chi connectivity index (χ3v) is 5.14. The quantitative estimate of drug-likeness (QED) is 0.368. The van der Waals surface area contributed by atoms with E-state index in [0.717, 1.165) is 11.3 Å². The Bertz CT molecular complexity index is 1390. The number of aryl methyl sites for hydroxylation is 2. The molecule has 0 saturated heterocycles. The van der Waals surface area contributed by atoms with Crippen LogP contribution in [-0.2, 0) is 4.79 Å². The highest BCUT2D eigenvalue weighted by molar-refractivity contribution is 5.92. The number of para-hydroxylation sites is 3. The molecular weight excluding hydrogens is 434 g/mol. The van der Waals surface area contributed by atoms with Crippen molar-refractivity contribution in [1.82, 2.24) is 0 Å². The highest BCUT2D eigenvalue weighted by Gasteiger charge is 2.17. The standard InChI is InChI=1S/C27H25NO6/c1-4-31-22-11-7-8-12-23(22)34-27-18(3)33-24-15-19(13-14-20(24)26(27)30)32-16-25(29)28-21-10-6-5-9-17(21)2/h5-15H,4,16H2,1-3H3,(H,28,29). The van der Waals surface area contributed by atoms with Gasteiger partial charge in [-0.2, -0.15) is 0 Å². The molecule has 3 aromatic carbocycles. The zero-order valence-corrected chi connectivity index (χ0v) is 19.2. The molecule has 1 aromatic heterocycles. The molecule has 0 aliphatic heterocycles. The number of amides is 1. The van der Waals surface area contributed by atoms with E-state index in [9.17, 15) is 9.59 Å². The fourth-order valence-electron chi connectivity index (χ4n) is 3.44. The third-order valence-electron chi connectivity index (χ3n) is 5.14. The Kier molecular flexibility index (Phi) is 6.82. The maximum absolute atomic E-state index is 13.1. The van der Waals surface area contributed by atoms with Crippen molar-refractivity contribution in [2.24, 2.45) is 0 Å². The fraction of sp³-hybridized carbons (Fsp3) is 0.185. The van der Waals surface area contributed by atoms with Crippen molar-refractivity contribution in [3.8, 4) is 23.0 Å². The molecule has 0 aliphatic carbocycles. The van der Waals surface area contributed by atoms with E-state index in [1.165, 1.54) is 0 Å². The lowest BCUT2D eigenvalue weighted by Crippen LogP contribution is -2.20. The molecule has 4 aromatic rings. The zero-order chi connectivity index (χ0) is 24.1. The first kappa shape index (κ1) is 22.9. The number of carbonyl (C=O) groups is 1. The van der Waals surface area contributed by atoms with Gasteiger partial charge in [-0.15, -0.1) is 0 Å². The molecule has 7 heteroatoms. The molecule has 34 heavy (non-hydrogen) atoms. The summed E-state index contributed by atoms with van der Waals surface area (Å²) in [4.78, 5) is 25.4. The Morgan fingerprint density at radius 1 is 0.941 bits per heavy atom. The maximum atomic E-state index is 13.1. The number of hydrogen-bond donors (Lipinski definition) is 1. The van der Waals surface area contributed by atoms with Crippen LogP contribution in [0.1, 0.15) is 18.2 Å². The molecule has 4 rings (SSSR count). The summed E-state index contributed by atoms with van der Waals surface area (Å²) in [5.74, 6) is 1.49. The lowest BCUT2D eigenvalue weighted by Gasteiger charge is -2.13. The molecule has 7 nitrogen and oxygen atoms in total. The number of carbonyl (C=O) groups excluding carboxylic acids is 1. The normalized spacial score (nSPS) is 10.7. The average molecular weight is 459 g/mol. The molecule has 0 atom stereocenters. The molecule has 0 bridgehead atoms. The van der Waals surface area contributed by atoms with Crippen LogP contribution in [0, 0.1) is 13.8 Å². The van der Waals surface area contributed by atoms with Gasteiger partial charge in [0.1, 0.15) is 17.1 Å². The van der Waals surface area contributed by atoms with Gasteiger partial charge < -0.3 is 23.9 Å². The molecule has 1 amide bonds. The summed E-state index contributed by atoms with van der Waals surface area (Å²) in [5.41, 5.74) is 1.72. The second-order valence-electron chi connectivity index (χ2n) is 7.61. The van der Waals surface area contributed by atoms with Crippen molar-refractivity contribution in [3.05, 3.63) is 88.3 Å². The van der Waals surface area contributed by atoms with Gasteiger partial charge in [0.05, 0.1) is 12.0 Å². The Labute approximate surface area is 196 Å². The maximum Gasteiger partial charge on any atom is 0.262 e. The first-order valence-corrected chi connectivity index (χ1v) is 10.9. The Hall–Kier alpha value is -4.26. The minimum Gasteiger partial charge on any atom is -0.490 e. The number of benzene rings is 3. The van der Waals surface area contributed by atoms with E-state index in [0.29, 0.717) is 40.6 Å². The predicted molar refractivity (Wildman–Crippen MR) is 130 cm³/mol. The molecule has 0 spiro atoms. The van der Waals surface area contributed by atoms with E-state index in [1.807, 2.05) is 44.2 Å². The largest absolute Gasteiger partial charge is 0.490 e. The number of hydrogen-bond acceptors (Lipinski definition) is 6. The van der Waals surface area contributed by atoms with Crippen LogP contribution in [-0.4, -0.2) is 19.1 Å². The Morgan fingerprint density at radius 3 is 2.44 bits per heavy atom. The molecule has 1 heterocycles. The van der Waals surface area contributed by atoms with Crippen molar-refractivity contribution in [2.45, 2.75) is 20.8 Å². The van der Waals surface area contributed by atoms with E-state index in [4.69, 9.17) is 18.6 Å². The van der Waals surface area contributed by atoms with Gasteiger partial charge >= 0.3 is 0 Å². The van der Waals surface area contributed by atoms with E-state index in [1.54, 1.807) is 43.3 Å². The van der Waals surface area contributed by atoms with Gasteiger partial charge in [-0.05, 0) is 56.7 Å². The summed E-state index contributed by atoms with van der Waals surface area (Å²) < 4.78 is 22.9. The highest BCUT2D eigenvalue weighted by atomic mass is 16.5. The molecule has 0 saturated carbocycles. The van der Waals surface area contributed by atoms with E-state index in [2.05, 4.69) is 5.32 Å². The molecule has 0 aliphatic rings. The van der Waals surface area contributed by atoms with Gasteiger partial charge in [-0.3, -0.25) is 9.59 Å². The lowest BCUT2D eigenvalue weighted by molar-refractivity contribution is -0.118. The molecular formula is C27H25NO6. The first-order valence-electron chi connectivity index (χ1n) is 10.9. The van der Waals surface area contributed by atoms with Gasteiger partial charge in [0.25, 0.3) is 5.91 Å².